The SMILES string of the molecule is [B]B([B])B(B([B])[B])B(B([B][BH3-])B([BH3-])[BH3-])B(B(B([B])[B])B([B])[B])B(B(B(B([B])[B])B([B])[B])B(B([B])[B])B([B])[B])B(B(B([B])[B])B([B])[B])B(B([B])[B])B([B])[B]. The van der Waals surface area contributed by atoms with E-state index in [9.17, 15) is 0 Å². The monoisotopic (exact) mass is 593 g/mol. The molecule has 49 radical (unpaired) electrons. The van der Waals surface area contributed by atoms with Gasteiger partial charge in [0.2, 0.25) is 0 Å². The van der Waals surface area contributed by atoms with Gasteiger partial charge in [-0.3, -0.25) is 6.39 Å². The summed E-state index contributed by atoms with van der Waals surface area (Å²) >= 11 is 0. The van der Waals surface area contributed by atoms with Gasteiger partial charge in [-0.15, -0.1) is 15.5 Å². The van der Waals surface area contributed by atoms with Crippen LogP contribution in [0.2, 0.25) is 0 Å². The average Bonchev–Trinajstić information content (AvgIpc) is 2.93. The van der Waals surface area contributed by atoms with E-state index >= 15 is 0 Å². The van der Waals surface area contributed by atoms with Crippen molar-refractivity contribution in [3.8, 4) is 0 Å². The zero-order valence-electron chi connectivity index (χ0n) is 28.9. The van der Waals surface area contributed by atoms with Gasteiger partial charge in [0.15, 0.2) is 0 Å². The van der Waals surface area contributed by atoms with Crippen LogP contribution < -0.4 is 0 Å². The highest BCUT2D eigenvalue weighted by molar-refractivity contribution is 8.36. The lowest BCUT2D eigenvalue weighted by molar-refractivity contribution is 3.18. The minimum absolute atomic E-state index is 0.112. The van der Waals surface area contributed by atoms with E-state index < -0.39 is 147 Å². The Bertz CT molecular complexity index is 792. The van der Waals surface area contributed by atoms with Crippen molar-refractivity contribution < 1.29 is 0 Å². The lowest BCUT2D eigenvalue weighted by atomic mass is 8.24. The Balaban J connectivity index is 9.85. The molecule has 0 heterocycles. The smallest absolute Gasteiger partial charge is 0.000000000000000214 e. The molecule has 0 aromatic rings. The van der Waals surface area contributed by atoms with Gasteiger partial charge in [-0.25, -0.2) is 0 Å². The summed E-state index contributed by atoms with van der Waals surface area (Å²) in [4.78, 5) is 0. The highest BCUT2D eigenvalue weighted by Crippen LogP contribution is 2.22. The van der Waals surface area contributed by atoms with Crippen molar-refractivity contribution in [2.45, 2.75) is 0 Å². The molecule has 0 aliphatic heterocycles. The summed E-state index contributed by atoms with van der Waals surface area (Å²) in [5.41, 5.74) is 0. The van der Waals surface area contributed by atoms with E-state index in [-0.39, 0.29) is 29.6 Å². The van der Waals surface area contributed by atoms with Crippen LogP contribution in [-0.2, 0) is 0 Å². The first-order valence-electron chi connectivity index (χ1n) is 16.3. The van der Waals surface area contributed by atoms with Crippen LogP contribution >= 0.6 is 0 Å². The lowest BCUT2D eigenvalue weighted by Gasteiger charge is -2.58. The second kappa shape index (κ2) is 26.0. The molecule has 0 aromatic heterocycles. The first-order valence-corrected chi connectivity index (χ1v) is 16.3. The molecule has 0 aliphatic rings. The fraction of sp³-hybridized carbons (Fsp3) is 0. The molecular formula is H9B53-3. The summed E-state index contributed by atoms with van der Waals surface area (Å²) in [6, 6.07) is 0. The maximum atomic E-state index is 6.70. The number of hydrogen-bond donors (Lipinski definition) is 0. The zero-order chi connectivity index (χ0) is 42.1. The van der Waals surface area contributed by atoms with Crippen LogP contribution in [0.25, 0.3) is 0 Å². The minimum atomic E-state index is -1.26. The molecule has 0 aliphatic carbocycles. The predicted octanol–water partition coefficient (Wildman–Crippen LogP) is -22.6. The Labute approximate surface area is 372 Å². The van der Waals surface area contributed by atoms with Crippen molar-refractivity contribution in [2.75, 3.05) is 0 Å². The van der Waals surface area contributed by atoms with E-state index in [0.717, 1.165) is 0 Å². The van der Waals surface area contributed by atoms with Gasteiger partial charge >= 0.3 is 0 Å². The Kier molecular flexibility index (Phi) is 27.7. The van der Waals surface area contributed by atoms with Gasteiger partial charge in [0, 0.05) is 0 Å². The molecule has 0 fully saturated rings. The van der Waals surface area contributed by atoms with Crippen LogP contribution in [0.3, 0.4) is 0 Å². The van der Waals surface area contributed by atoms with E-state index in [4.69, 9.17) is 186 Å². The maximum Gasteiger partial charge on any atom is -0.000000000000000214 e. The summed E-state index contributed by atoms with van der Waals surface area (Å²) < 4.78 is 0. The quantitative estimate of drug-likeness (QED) is 0.0940. The highest BCUT2D eigenvalue weighted by atomic mass is 13.4. The highest BCUT2D eigenvalue weighted by Gasteiger charge is 2.60. The van der Waals surface area contributed by atoms with Crippen LogP contribution in [0.5, 0.6) is 0 Å². The van der Waals surface area contributed by atoms with Gasteiger partial charge in [-0.2, -0.15) is 7.06 Å². The summed E-state index contributed by atoms with van der Waals surface area (Å²) in [5.74, 6) is 0. The van der Waals surface area contributed by atoms with Crippen molar-refractivity contribution in [3.05, 3.63) is 0 Å². The molecule has 0 spiro atoms. The van der Waals surface area contributed by atoms with Crippen LogP contribution in [0.4, 0.5) is 0 Å². The second-order valence-electron chi connectivity index (χ2n) is 13.9. The Morgan fingerprint density at radius 3 is 0.491 bits per heavy atom. The second-order valence-corrected chi connectivity index (χ2v) is 13.9. The maximum absolute atomic E-state index is 6.70. The minimum Gasteiger partial charge on any atom is -0.264 e. The standard InChI is InChI=1S/B53H9/c1-28-42(29(2)3)49(43(30(4)5)31(6)7)52(48(40(24)25)41(26)27)53(50(44(32(8)9)33(10)11)45(34(12)13)35(14)15)51(46(36(16)17)37(18)19)47(38(20)21)39(22)23/h1-3H3/q-3. The summed E-state index contributed by atoms with van der Waals surface area (Å²) in [6.45, 7) is 0. The first-order chi connectivity index (χ1) is 24.1. The third-order valence-corrected chi connectivity index (χ3v) is 10.2. The molecule has 0 N–H and O–H groups in total. The van der Waals surface area contributed by atoms with E-state index in [0.29, 0.717) is 6.39 Å². The zero-order valence-corrected chi connectivity index (χ0v) is 28.9. The van der Waals surface area contributed by atoms with E-state index in [1.165, 1.54) is 0 Å². The van der Waals surface area contributed by atoms with Gasteiger partial charge in [0.1, 0.15) is 0 Å². The summed E-state index contributed by atoms with van der Waals surface area (Å²) in [6.07, 6.45) is -25.5. The van der Waals surface area contributed by atoms with E-state index in [2.05, 4.69) is 7.06 Å². The van der Waals surface area contributed by atoms with E-state index in [1.54, 1.807) is 0 Å². The molecule has 0 saturated heterocycles. The normalized spacial score (nSPS) is 9.72. The largest absolute Gasteiger partial charge is 0.264 e. The molecule has 0 rings (SSSR count). The Hall–Kier alpha value is 3.44. The van der Waals surface area contributed by atoms with Crippen molar-refractivity contribution >= 4 is 376 Å². The molecule has 0 nitrogen and oxygen atoms in total. The topological polar surface area (TPSA) is 0 Å². The molecule has 0 bridgehead atoms. The molecule has 0 aromatic carbocycles. The van der Waals surface area contributed by atoms with Gasteiger partial charge < -0.3 is 0 Å². The fourth-order valence-corrected chi connectivity index (χ4v) is 8.47. The van der Waals surface area contributed by atoms with Crippen molar-refractivity contribution in [1.82, 2.24) is 0 Å². The Morgan fingerprint density at radius 1 is 0.226 bits per heavy atom. The molecule has 53 heteroatoms. The molecule has 53 heavy (non-hydrogen) atoms. The lowest BCUT2D eigenvalue weighted by Crippen LogP contribution is -2.95. The third-order valence-electron chi connectivity index (χ3n) is 10.2. The summed E-state index contributed by atoms with van der Waals surface area (Å²) in [5, 5.41) is 0. The van der Waals surface area contributed by atoms with Crippen LogP contribution in [0.1, 0.15) is 0 Å². The van der Waals surface area contributed by atoms with Gasteiger partial charge in [0.25, 0.3) is 0 Å². The van der Waals surface area contributed by atoms with Gasteiger partial charge in [-0.1, -0.05) is 14.1 Å². The van der Waals surface area contributed by atoms with Crippen LogP contribution in [-0.4, -0.2) is 376 Å². The van der Waals surface area contributed by atoms with Crippen molar-refractivity contribution in [1.29, 1.82) is 0 Å². The Morgan fingerprint density at radius 2 is 0.358 bits per heavy atom. The number of hydrogen-bond acceptors (Lipinski definition) is 0. The van der Waals surface area contributed by atoms with Crippen LogP contribution in [0.15, 0.2) is 0 Å². The van der Waals surface area contributed by atoms with Gasteiger partial charge in [-0.05, 0) is 333 Å². The van der Waals surface area contributed by atoms with Crippen LogP contribution in [0, 0.1) is 0 Å². The molecule has 0 unspecified atom stereocenters. The van der Waals surface area contributed by atoms with Gasteiger partial charge in [0.05, 0.1) is 0 Å². The first kappa shape index (κ1) is 56.4. The van der Waals surface area contributed by atoms with Crippen molar-refractivity contribution in [2.24, 2.45) is 0 Å². The third kappa shape index (κ3) is 15.4. The summed E-state index contributed by atoms with van der Waals surface area (Å²) in [7, 11) is 160. The molecule has 0 amide bonds. The van der Waals surface area contributed by atoms with E-state index in [1.807, 2.05) is 0 Å². The molecule has 171 valence electrons. The average molecular weight is 582 g/mol. The fourth-order valence-electron chi connectivity index (χ4n) is 8.47. The number of rotatable bonds is 25. The molecule has 0 saturated carbocycles. The predicted molar refractivity (Wildman–Crippen MR) is 318 cm³/mol. The van der Waals surface area contributed by atoms with Crippen molar-refractivity contribution in [3.63, 3.8) is 0 Å². The molecule has 0 atom stereocenters. The molecular weight excluding hydrogens is 573 g/mol.